The highest BCUT2D eigenvalue weighted by atomic mass is 16.6. The van der Waals surface area contributed by atoms with Crippen LogP contribution in [0.15, 0.2) is 24.3 Å². The molecule has 2 heterocycles. The Balaban J connectivity index is 1.43. The summed E-state index contributed by atoms with van der Waals surface area (Å²) in [6, 6.07) is 5.88. The van der Waals surface area contributed by atoms with E-state index < -0.39 is 12.1 Å². The number of carbonyl (C=O) groups is 2. The molecule has 0 bridgehead atoms. The molecule has 1 aromatic rings. The Morgan fingerprint density at radius 2 is 1.96 bits per heavy atom. The van der Waals surface area contributed by atoms with E-state index >= 15 is 0 Å². The molecular weight excluding hydrogens is 362 g/mol. The van der Waals surface area contributed by atoms with Crippen molar-refractivity contribution >= 4 is 17.5 Å². The van der Waals surface area contributed by atoms with Crippen molar-refractivity contribution in [3.05, 3.63) is 39.9 Å². The largest absolute Gasteiger partial charge is 0.339 e. The van der Waals surface area contributed by atoms with Gasteiger partial charge >= 0.3 is 0 Å². The molecule has 150 valence electrons. The number of nitrogens with one attached hydrogen (secondary N) is 3. The van der Waals surface area contributed by atoms with Gasteiger partial charge in [-0.3, -0.25) is 25.1 Å². The zero-order chi connectivity index (χ0) is 19.7. The molecule has 1 saturated carbocycles. The summed E-state index contributed by atoms with van der Waals surface area (Å²) in [4.78, 5) is 38.1. The monoisotopic (exact) mass is 387 g/mol. The van der Waals surface area contributed by atoms with Gasteiger partial charge in [-0.2, -0.15) is 0 Å². The summed E-state index contributed by atoms with van der Waals surface area (Å²) in [5.74, 6) is -0.385. The lowest BCUT2D eigenvalue weighted by molar-refractivity contribution is -0.528. The summed E-state index contributed by atoms with van der Waals surface area (Å²) in [6.45, 7) is 1.54. The van der Waals surface area contributed by atoms with E-state index in [-0.39, 0.29) is 28.7 Å². The SMILES string of the molecule is O=C(Nc1cccc(C(=O)N2CCCC2)c1)C1NNC2CCC([N+](=O)[O-])CC21. The van der Waals surface area contributed by atoms with E-state index in [4.69, 9.17) is 0 Å². The number of hydrogen-bond acceptors (Lipinski definition) is 6. The van der Waals surface area contributed by atoms with Gasteiger partial charge < -0.3 is 10.2 Å². The third-order valence-electron chi connectivity index (χ3n) is 6.08. The predicted octanol–water partition coefficient (Wildman–Crippen LogP) is 1.15. The minimum Gasteiger partial charge on any atom is -0.339 e. The fourth-order valence-corrected chi connectivity index (χ4v) is 4.54. The Morgan fingerprint density at radius 1 is 1.18 bits per heavy atom. The first-order valence-corrected chi connectivity index (χ1v) is 9.87. The summed E-state index contributed by atoms with van der Waals surface area (Å²) in [5.41, 5.74) is 7.22. The van der Waals surface area contributed by atoms with E-state index in [0.29, 0.717) is 30.5 Å². The fraction of sp³-hybridized carbons (Fsp3) is 0.579. The average Bonchev–Trinajstić information content (AvgIpc) is 3.37. The van der Waals surface area contributed by atoms with Crippen LogP contribution >= 0.6 is 0 Å². The van der Waals surface area contributed by atoms with Gasteiger partial charge in [0.1, 0.15) is 6.04 Å². The third kappa shape index (κ3) is 3.72. The predicted molar refractivity (Wildman–Crippen MR) is 102 cm³/mol. The normalized spacial score (nSPS) is 29.4. The number of hydrogen-bond donors (Lipinski definition) is 3. The van der Waals surface area contributed by atoms with E-state index in [1.54, 1.807) is 24.3 Å². The molecule has 2 amide bonds. The van der Waals surface area contributed by atoms with Crippen LogP contribution in [0.4, 0.5) is 5.69 Å². The molecule has 2 aliphatic heterocycles. The maximum atomic E-state index is 12.8. The number of benzene rings is 1. The number of rotatable bonds is 4. The molecule has 4 unspecified atom stereocenters. The lowest BCUT2D eigenvalue weighted by Crippen LogP contribution is -2.44. The number of carbonyl (C=O) groups excluding carboxylic acids is 2. The van der Waals surface area contributed by atoms with E-state index in [0.717, 1.165) is 25.9 Å². The number of likely N-dealkylation sites (tertiary alicyclic amines) is 1. The van der Waals surface area contributed by atoms with Gasteiger partial charge in [0.15, 0.2) is 0 Å². The molecule has 1 aliphatic carbocycles. The molecule has 0 spiro atoms. The first-order valence-electron chi connectivity index (χ1n) is 9.87. The topological polar surface area (TPSA) is 117 Å². The number of fused-ring (bicyclic) bond motifs is 1. The summed E-state index contributed by atoms with van der Waals surface area (Å²) < 4.78 is 0. The van der Waals surface area contributed by atoms with Gasteiger partial charge in [-0.25, -0.2) is 5.43 Å². The van der Waals surface area contributed by atoms with Crippen molar-refractivity contribution in [3.63, 3.8) is 0 Å². The summed E-state index contributed by atoms with van der Waals surface area (Å²) in [6.07, 6.45) is 3.63. The van der Waals surface area contributed by atoms with Crippen molar-refractivity contribution < 1.29 is 14.5 Å². The number of hydrazine groups is 1. The molecule has 3 aliphatic rings. The second kappa shape index (κ2) is 7.84. The van der Waals surface area contributed by atoms with Gasteiger partial charge in [-0.15, -0.1) is 0 Å². The third-order valence-corrected chi connectivity index (χ3v) is 6.08. The Bertz CT molecular complexity index is 779. The fourth-order valence-electron chi connectivity index (χ4n) is 4.54. The van der Waals surface area contributed by atoms with Crippen LogP contribution in [0.5, 0.6) is 0 Å². The van der Waals surface area contributed by atoms with Gasteiger partial charge in [0, 0.05) is 54.1 Å². The molecule has 3 fully saturated rings. The van der Waals surface area contributed by atoms with E-state index in [1.807, 2.05) is 4.90 Å². The van der Waals surface area contributed by atoms with Gasteiger partial charge in [-0.05, 0) is 37.5 Å². The zero-order valence-corrected chi connectivity index (χ0v) is 15.6. The highest BCUT2D eigenvalue weighted by Crippen LogP contribution is 2.32. The van der Waals surface area contributed by atoms with Crippen LogP contribution in [0.1, 0.15) is 42.5 Å². The van der Waals surface area contributed by atoms with E-state index in [2.05, 4.69) is 16.2 Å². The van der Waals surface area contributed by atoms with Gasteiger partial charge in [0.25, 0.3) is 5.91 Å². The molecule has 28 heavy (non-hydrogen) atoms. The van der Waals surface area contributed by atoms with Gasteiger partial charge in [0.2, 0.25) is 11.9 Å². The van der Waals surface area contributed by atoms with Crippen LogP contribution in [-0.2, 0) is 4.79 Å². The van der Waals surface area contributed by atoms with Crippen LogP contribution in [-0.4, -0.2) is 52.9 Å². The van der Waals surface area contributed by atoms with Gasteiger partial charge in [-0.1, -0.05) is 6.07 Å². The second-order valence-corrected chi connectivity index (χ2v) is 7.86. The van der Waals surface area contributed by atoms with Crippen LogP contribution in [0.3, 0.4) is 0 Å². The molecule has 2 saturated heterocycles. The van der Waals surface area contributed by atoms with Crippen molar-refractivity contribution in [2.45, 2.75) is 50.2 Å². The lowest BCUT2D eigenvalue weighted by atomic mass is 9.79. The molecule has 1 aromatic carbocycles. The van der Waals surface area contributed by atoms with Crippen molar-refractivity contribution in [3.8, 4) is 0 Å². The summed E-state index contributed by atoms with van der Waals surface area (Å²) >= 11 is 0. The average molecular weight is 387 g/mol. The molecule has 4 atom stereocenters. The second-order valence-electron chi connectivity index (χ2n) is 7.86. The molecule has 0 aromatic heterocycles. The van der Waals surface area contributed by atoms with Crippen LogP contribution in [0.25, 0.3) is 0 Å². The first-order chi connectivity index (χ1) is 13.5. The van der Waals surface area contributed by atoms with Crippen molar-refractivity contribution in [1.82, 2.24) is 15.8 Å². The molecular formula is C19H25N5O4. The smallest absolute Gasteiger partial charge is 0.253 e. The van der Waals surface area contributed by atoms with Crippen LogP contribution in [0.2, 0.25) is 0 Å². The Morgan fingerprint density at radius 3 is 2.71 bits per heavy atom. The summed E-state index contributed by atoms with van der Waals surface area (Å²) in [5, 5.41) is 14.0. The van der Waals surface area contributed by atoms with Gasteiger partial charge in [0.05, 0.1) is 0 Å². The van der Waals surface area contributed by atoms with Crippen LogP contribution < -0.4 is 16.2 Å². The maximum absolute atomic E-state index is 12.8. The number of nitrogens with zero attached hydrogens (tertiary/aromatic N) is 2. The molecule has 9 nitrogen and oxygen atoms in total. The standard InChI is InChI=1S/C19H25N5O4/c25-18(17-15-11-14(24(27)28)6-7-16(15)21-22-17)20-13-5-3-4-12(10-13)19(26)23-8-1-2-9-23/h3-5,10,14-17,21-22H,1-2,6-9,11H2,(H,20,25). The zero-order valence-electron chi connectivity index (χ0n) is 15.6. The first kappa shape index (κ1) is 18.8. The van der Waals surface area contributed by atoms with Crippen molar-refractivity contribution in [2.75, 3.05) is 18.4 Å². The summed E-state index contributed by atoms with van der Waals surface area (Å²) in [7, 11) is 0. The quantitative estimate of drug-likeness (QED) is 0.527. The van der Waals surface area contributed by atoms with E-state index in [9.17, 15) is 19.7 Å². The number of nitro groups is 1. The molecule has 3 N–H and O–H groups in total. The Labute approximate surface area is 163 Å². The van der Waals surface area contributed by atoms with Crippen LogP contribution in [0, 0.1) is 16.0 Å². The highest BCUT2D eigenvalue weighted by molar-refractivity contribution is 5.98. The molecule has 9 heteroatoms. The maximum Gasteiger partial charge on any atom is 0.253 e. The number of amides is 2. The minimum absolute atomic E-state index is 0.0181. The Kier molecular flexibility index (Phi) is 5.27. The van der Waals surface area contributed by atoms with Crippen molar-refractivity contribution in [1.29, 1.82) is 0 Å². The minimum atomic E-state index is -0.598. The number of anilines is 1. The van der Waals surface area contributed by atoms with Crippen molar-refractivity contribution in [2.24, 2.45) is 5.92 Å². The van der Waals surface area contributed by atoms with E-state index in [1.165, 1.54) is 0 Å². The molecule has 0 radical (unpaired) electrons. The Hall–Kier alpha value is -2.52. The lowest BCUT2D eigenvalue weighted by Gasteiger charge is -2.28. The highest BCUT2D eigenvalue weighted by Gasteiger charge is 2.46. The molecule has 4 rings (SSSR count).